The Morgan fingerprint density at radius 2 is 1.89 bits per heavy atom. The third-order valence-corrected chi connectivity index (χ3v) is 3.97. The molecule has 2 nitrogen and oxygen atoms in total. The summed E-state index contributed by atoms with van der Waals surface area (Å²) in [5.74, 6) is 0.760. The summed E-state index contributed by atoms with van der Waals surface area (Å²) in [6.07, 6.45) is 0. The van der Waals surface area contributed by atoms with E-state index in [-0.39, 0.29) is 0 Å². The first-order valence-corrected chi connectivity index (χ1v) is 7.24. The molecular formula is C13H7BrClNOS. The van der Waals surface area contributed by atoms with Crippen LogP contribution in [-0.2, 0) is 0 Å². The number of ether oxygens (including phenoxy) is 1. The van der Waals surface area contributed by atoms with Crippen molar-refractivity contribution in [1.82, 2.24) is 4.98 Å². The number of hydrogen-bond acceptors (Lipinski definition) is 3. The maximum Gasteiger partial charge on any atom is 0.280 e. The molecule has 0 aliphatic rings. The lowest BCUT2D eigenvalue weighted by atomic mass is 10.1. The molecule has 1 aromatic heterocycles. The van der Waals surface area contributed by atoms with Crippen LogP contribution in [0.15, 0.2) is 46.3 Å². The van der Waals surface area contributed by atoms with Crippen molar-refractivity contribution < 1.29 is 4.74 Å². The predicted octanol–water partition coefficient (Wildman–Crippen LogP) is 5.50. The van der Waals surface area contributed by atoms with Gasteiger partial charge >= 0.3 is 0 Å². The lowest BCUT2D eigenvalue weighted by Gasteiger charge is -2.04. The molecule has 0 aliphatic heterocycles. The smallest absolute Gasteiger partial charge is 0.280 e. The minimum Gasteiger partial charge on any atom is -0.431 e. The minimum atomic E-state index is 0.458. The van der Waals surface area contributed by atoms with E-state index in [0.29, 0.717) is 10.3 Å². The van der Waals surface area contributed by atoms with Gasteiger partial charge in [0.05, 0.1) is 0 Å². The molecule has 0 amide bonds. The highest BCUT2D eigenvalue weighted by Gasteiger charge is 2.03. The van der Waals surface area contributed by atoms with Gasteiger partial charge in [0.15, 0.2) is 0 Å². The van der Waals surface area contributed by atoms with E-state index in [1.807, 2.05) is 30.3 Å². The normalized spacial score (nSPS) is 10.8. The van der Waals surface area contributed by atoms with Crippen LogP contribution in [0.4, 0.5) is 0 Å². The van der Waals surface area contributed by atoms with Crippen molar-refractivity contribution in [2.45, 2.75) is 0 Å². The Balaban J connectivity index is 1.96. The number of aromatic nitrogens is 1. The zero-order valence-electron chi connectivity index (χ0n) is 9.06. The van der Waals surface area contributed by atoms with Crippen LogP contribution in [0.5, 0.6) is 10.9 Å². The second kappa shape index (κ2) is 4.88. The summed E-state index contributed by atoms with van der Waals surface area (Å²) in [4.78, 5) is 4.05. The summed E-state index contributed by atoms with van der Waals surface area (Å²) in [6.45, 7) is 0. The quantitative estimate of drug-likeness (QED) is 0.614. The summed E-state index contributed by atoms with van der Waals surface area (Å²) in [7, 11) is 0. The van der Waals surface area contributed by atoms with Crippen molar-refractivity contribution in [1.29, 1.82) is 0 Å². The van der Waals surface area contributed by atoms with Crippen LogP contribution < -0.4 is 4.74 Å². The second-order valence-corrected chi connectivity index (χ2v) is 5.82. The van der Waals surface area contributed by atoms with Crippen LogP contribution in [0.2, 0.25) is 5.15 Å². The molecule has 0 spiro atoms. The number of benzene rings is 2. The Labute approximate surface area is 121 Å². The third-order valence-electron chi connectivity index (χ3n) is 2.43. The number of rotatable bonds is 2. The molecule has 0 radical (unpaired) electrons. The molecule has 0 bridgehead atoms. The van der Waals surface area contributed by atoms with Gasteiger partial charge in [0.1, 0.15) is 10.9 Å². The van der Waals surface area contributed by atoms with Gasteiger partial charge in [-0.2, -0.15) is 4.98 Å². The van der Waals surface area contributed by atoms with Crippen molar-refractivity contribution in [3.8, 4) is 10.9 Å². The van der Waals surface area contributed by atoms with Crippen LogP contribution in [0.3, 0.4) is 0 Å². The SMILES string of the molecule is Clc1csc(Oc2ccc3cc(Br)ccc3c2)n1. The first-order chi connectivity index (χ1) is 8.70. The third kappa shape index (κ3) is 2.51. The van der Waals surface area contributed by atoms with Crippen LogP contribution in [0.1, 0.15) is 0 Å². The predicted molar refractivity (Wildman–Crippen MR) is 78.8 cm³/mol. The standard InChI is InChI=1S/C13H7BrClNOS/c14-10-3-1-9-6-11(4-2-8(9)5-10)17-13-16-12(15)7-18-13/h1-7H. The maximum atomic E-state index is 5.75. The average molecular weight is 341 g/mol. The number of nitrogens with zero attached hydrogens (tertiary/aromatic N) is 1. The van der Waals surface area contributed by atoms with Gasteiger partial charge in [-0.3, -0.25) is 0 Å². The van der Waals surface area contributed by atoms with Crippen LogP contribution in [0.25, 0.3) is 10.8 Å². The molecule has 90 valence electrons. The number of halogens is 2. The van der Waals surface area contributed by atoms with Crippen molar-refractivity contribution in [3.05, 3.63) is 51.4 Å². The zero-order valence-corrected chi connectivity index (χ0v) is 12.2. The highest BCUT2D eigenvalue weighted by atomic mass is 79.9. The first kappa shape index (κ1) is 12.0. The summed E-state index contributed by atoms with van der Waals surface area (Å²) in [6, 6.07) is 12.0. The fraction of sp³-hybridized carbons (Fsp3) is 0. The van der Waals surface area contributed by atoms with E-state index >= 15 is 0 Å². The number of thiazole rings is 1. The van der Waals surface area contributed by atoms with Crippen molar-refractivity contribution in [2.24, 2.45) is 0 Å². The Morgan fingerprint density at radius 3 is 2.67 bits per heavy atom. The van der Waals surface area contributed by atoms with E-state index < -0.39 is 0 Å². The molecule has 2 aromatic carbocycles. The second-order valence-electron chi connectivity index (χ2n) is 3.69. The van der Waals surface area contributed by atoms with E-state index in [1.165, 1.54) is 11.3 Å². The molecule has 0 N–H and O–H groups in total. The van der Waals surface area contributed by atoms with Gasteiger partial charge in [0.25, 0.3) is 5.19 Å². The largest absolute Gasteiger partial charge is 0.431 e. The Morgan fingerprint density at radius 1 is 1.11 bits per heavy atom. The Bertz CT molecular complexity index is 713. The first-order valence-electron chi connectivity index (χ1n) is 5.19. The molecule has 1 heterocycles. The fourth-order valence-electron chi connectivity index (χ4n) is 1.64. The molecule has 0 unspecified atom stereocenters. The van der Waals surface area contributed by atoms with Gasteiger partial charge in [-0.15, -0.1) is 0 Å². The highest BCUT2D eigenvalue weighted by molar-refractivity contribution is 9.10. The van der Waals surface area contributed by atoms with Gasteiger partial charge < -0.3 is 4.74 Å². The number of hydrogen-bond donors (Lipinski definition) is 0. The summed E-state index contributed by atoms with van der Waals surface area (Å²) in [5.41, 5.74) is 0. The molecule has 0 atom stereocenters. The lowest BCUT2D eigenvalue weighted by Crippen LogP contribution is -1.83. The monoisotopic (exact) mass is 339 g/mol. The van der Waals surface area contributed by atoms with Crippen molar-refractivity contribution in [3.63, 3.8) is 0 Å². The van der Waals surface area contributed by atoms with Crippen molar-refractivity contribution in [2.75, 3.05) is 0 Å². The molecule has 3 rings (SSSR count). The molecule has 0 aliphatic carbocycles. The van der Waals surface area contributed by atoms with Gasteiger partial charge in [-0.25, -0.2) is 0 Å². The molecule has 3 aromatic rings. The summed E-state index contributed by atoms with van der Waals surface area (Å²) in [5, 5.41) is 5.04. The van der Waals surface area contributed by atoms with E-state index in [4.69, 9.17) is 16.3 Å². The van der Waals surface area contributed by atoms with Crippen LogP contribution in [-0.4, -0.2) is 4.98 Å². The highest BCUT2D eigenvalue weighted by Crippen LogP contribution is 2.30. The van der Waals surface area contributed by atoms with Gasteiger partial charge in [-0.1, -0.05) is 51.0 Å². The van der Waals surface area contributed by atoms with E-state index in [0.717, 1.165) is 21.0 Å². The molecule has 0 fully saturated rings. The van der Waals surface area contributed by atoms with E-state index in [9.17, 15) is 0 Å². The van der Waals surface area contributed by atoms with Gasteiger partial charge in [0, 0.05) is 9.85 Å². The number of fused-ring (bicyclic) bond motifs is 1. The zero-order chi connectivity index (χ0) is 12.5. The molecule has 18 heavy (non-hydrogen) atoms. The van der Waals surface area contributed by atoms with E-state index in [2.05, 4.69) is 27.0 Å². The molecule has 0 saturated carbocycles. The van der Waals surface area contributed by atoms with Crippen LogP contribution >= 0.6 is 38.9 Å². The Hall–Kier alpha value is -1.10. The maximum absolute atomic E-state index is 5.75. The average Bonchev–Trinajstić information content (AvgIpc) is 2.75. The van der Waals surface area contributed by atoms with E-state index in [1.54, 1.807) is 5.38 Å². The van der Waals surface area contributed by atoms with Crippen LogP contribution in [0, 0.1) is 0 Å². The van der Waals surface area contributed by atoms with Gasteiger partial charge in [0.2, 0.25) is 0 Å². The summed E-state index contributed by atoms with van der Waals surface area (Å²) < 4.78 is 6.71. The van der Waals surface area contributed by atoms with Crippen molar-refractivity contribution >= 4 is 49.6 Å². The fourth-order valence-corrected chi connectivity index (χ4v) is 2.83. The molecule has 5 heteroatoms. The molecular weight excluding hydrogens is 334 g/mol. The lowest BCUT2D eigenvalue weighted by molar-refractivity contribution is 0.479. The molecule has 0 saturated heterocycles. The summed E-state index contributed by atoms with van der Waals surface area (Å²) >= 11 is 10.6. The minimum absolute atomic E-state index is 0.458. The Kier molecular flexibility index (Phi) is 3.24. The van der Waals surface area contributed by atoms with Gasteiger partial charge in [-0.05, 0) is 35.0 Å². The topological polar surface area (TPSA) is 22.1 Å².